The molecule has 32 heavy (non-hydrogen) atoms. The highest BCUT2D eigenvalue weighted by molar-refractivity contribution is 7.98. The standard InChI is InChI=1S/C26H32N2O3S/c1-20-5-4-6-21(2)25(20)17-32-16-24-15-30-26(31-24,18-28-14-13-27-19-28)12-11-22-7-9-23(29-3)10-8-22/h4-10,13-14,19,24H,11-12,15-18H2,1-3H3. The van der Waals surface area contributed by atoms with Crippen molar-refractivity contribution in [2.24, 2.45) is 0 Å². The second-order valence-corrected chi connectivity index (χ2v) is 9.46. The predicted octanol–water partition coefficient (Wildman–Crippen LogP) is 5.19. The summed E-state index contributed by atoms with van der Waals surface area (Å²) in [5.74, 6) is 2.15. The van der Waals surface area contributed by atoms with Crippen molar-refractivity contribution < 1.29 is 14.2 Å². The minimum atomic E-state index is -0.634. The Labute approximate surface area is 195 Å². The van der Waals surface area contributed by atoms with Gasteiger partial charge in [0.2, 0.25) is 0 Å². The van der Waals surface area contributed by atoms with Crippen molar-refractivity contribution in [1.29, 1.82) is 0 Å². The Morgan fingerprint density at radius 3 is 2.62 bits per heavy atom. The van der Waals surface area contributed by atoms with Crippen molar-refractivity contribution in [1.82, 2.24) is 9.55 Å². The van der Waals surface area contributed by atoms with Gasteiger partial charge in [0, 0.05) is 30.3 Å². The van der Waals surface area contributed by atoms with Crippen molar-refractivity contribution in [3.8, 4) is 5.75 Å². The molecule has 6 heteroatoms. The fourth-order valence-corrected chi connectivity index (χ4v) is 5.35. The zero-order valence-corrected chi connectivity index (χ0v) is 19.9. The molecule has 0 aliphatic carbocycles. The summed E-state index contributed by atoms with van der Waals surface area (Å²) in [7, 11) is 1.69. The van der Waals surface area contributed by atoms with Crippen molar-refractivity contribution in [2.45, 2.75) is 50.9 Å². The molecule has 170 valence electrons. The Hall–Kier alpha value is -2.28. The van der Waals surface area contributed by atoms with E-state index >= 15 is 0 Å². The Bertz CT molecular complexity index is 971. The van der Waals surface area contributed by atoms with Crippen LogP contribution >= 0.6 is 11.8 Å². The van der Waals surface area contributed by atoms with E-state index in [9.17, 15) is 0 Å². The van der Waals surface area contributed by atoms with Crippen molar-refractivity contribution in [3.63, 3.8) is 0 Å². The number of aryl methyl sites for hydroxylation is 3. The minimum Gasteiger partial charge on any atom is -0.497 e. The third-order valence-corrected chi connectivity index (χ3v) is 7.14. The lowest BCUT2D eigenvalue weighted by Gasteiger charge is -2.28. The van der Waals surface area contributed by atoms with E-state index < -0.39 is 5.79 Å². The summed E-state index contributed by atoms with van der Waals surface area (Å²) < 4.78 is 20.2. The zero-order valence-electron chi connectivity index (χ0n) is 19.1. The first-order chi connectivity index (χ1) is 15.6. The van der Waals surface area contributed by atoms with Gasteiger partial charge >= 0.3 is 0 Å². The van der Waals surface area contributed by atoms with E-state index in [-0.39, 0.29) is 6.10 Å². The number of rotatable bonds is 10. The van der Waals surface area contributed by atoms with Crippen LogP contribution in [0, 0.1) is 13.8 Å². The number of aromatic nitrogens is 2. The summed E-state index contributed by atoms with van der Waals surface area (Å²) in [5.41, 5.74) is 5.39. The number of methoxy groups -OCH3 is 1. The van der Waals surface area contributed by atoms with Gasteiger partial charge in [-0.25, -0.2) is 4.98 Å². The smallest absolute Gasteiger partial charge is 0.187 e. The normalized spacial score (nSPS) is 20.5. The molecule has 1 aliphatic rings. The Morgan fingerprint density at radius 1 is 1.16 bits per heavy atom. The molecule has 0 N–H and O–H groups in total. The first-order valence-corrected chi connectivity index (χ1v) is 12.3. The number of benzene rings is 2. The molecular weight excluding hydrogens is 420 g/mol. The SMILES string of the molecule is COc1ccc(CCC2(Cn3ccnc3)OCC(CSCc3c(C)cccc3C)O2)cc1. The summed E-state index contributed by atoms with van der Waals surface area (Å²) >= 11 is 1.92. The zero-order chi connectivity index (χ0) is 22.4. The lowest BCUT2D eigenvalue weighted by molar-refractivity contribution is -0.180. The van der Waals surface area contributed by atoms with E-state index in [4.69, 9.17) is 14.2 Å². The lowest BCUT2D eigenvalue weighted by Crippen LogP contribution is -2.37. The van der Waals surface area contributed by atoms with E-state index in [1.807, 2.05) is 41.0 Å². The third kappa shape index (κ3) is 5.74. The van der Waals surface area contributed by atoms with Gasteiger partial charge in [0.05, 0.1) is 32.7 Å². The molecule has 5 nitrogen and oxygen atoms in total. The maximum atomic E-state index is 6.57. The summed E-state index contributed by atoms with van der Waals surface area (Å²) in [5, 5.41) is 0. The molecular formula is C26H32N2O3S. The second kappa shape index (κ2) is 10.6. The van der Waals surface area contributed by atoms with Gasteiger partial charge in [0.1, 0.15) is 5.75 Å². The first kappa shape index (κ1) is 22.9. The van der Waals surface area contributed by atoms with Crippen LogP contribution in [-0.2, 0) is 28.2 Å². The highest BCUT2D eigenvalue weighted by atomic mass is 32.2. The molecule has 0 saturated carbocycles. The maximum absolute atomic E-state index is 6.57. The molecule has 0 radical (unpaired) electrons. The van der Waals surface area contributed by atoms with E-state index in [2.05, 4.69) is 49.2 Å². The van der Waals surface area contributed by atoms with E-state index in [0.717, 1.165) is 30.1 Å². The summed E-state index contributed by atoms with van der Waals surface area (Å²) in [6.07, 6.45) is 7.33. The van der Waals surface area contributed by atoms with Crippen molar-refractivity contribution in [3.05, 3.63) is 83.4 Å². The Kier molecular flexibility index (Phi) is 7.55. The van der Waals surface area contributed by atoms with E-state index in [1.165, 1.54) is 22.3 Å². The molecule has 4 rings (SSSR count). The molecule has 1 aliphatic heterocycles. The average Bonchev–Trinajstić information content (AvgIpc) is 3.45. The predicted molar refractivity (Wildman–Crippen MR) is 129 cm³/mol. The second-order valence-electron chi connectivity index (χ2n) is 8.43. The molecule has 0 spiro atoms. The van der Waals surface area contributed by atoms with Crippen LogP contribution in [0.15, 0.2) is 61.2 Å². The lowest BCUT2D eigenvalue weighted by atomic mass is 10.0. The third-order valence-electron chi connectivity index (χ3n) is 6.04. The fourth-order valence-electron chi connectivity index (χ4n) is 4.15. The van der Waals surface area contributed by atoms with Gasteiger partial charge in [-0.05, 0) is 54.7 Å². The van der Waals surface area contributed by atoms with Crippen LogP contribution in [0.5, 0.6) is 5.75 Å². The Morgan fingerprint density at radius 2 is 1.94 bits per heavy atom. The molecule has 1 saturated heterocycles. The van der Waals surface area contributed by atoms with Gasteiger partial charge in [0.15, 0.2) is 5.79 Å². The largest absolute Gasteiger partial charge is 0.497 e. The summed E-state index contributed by atoms with van der Waals surface area (Å²) in [4.78, 5) is 4.19. The topological polar surface area (TPSA) is 45.5 Å². The number of ether oxygens (including phenoxy) is 3. The minimum absolute atomic E-state index is 0.0868. The number of hydrogen-bond acceptors (Lipinski definition) is 5. The average molecular weight is 453 g/mol. The van der Waals surface area contributed by atoms with Gasteiger partial charge in [-0.2, -0.15) is 11.8 Å². The molecule has 2 unspecified atom stereocenters. The highest BCUT2D eigenvalue weighted by Gasteiger charge is 2.41. The number of nitrogens with zero attached hydrogens (tertiary/aromatic N) is 2. The van der Waals surface area contributed by atoms with Crippen LogP contribution < -0.4 is 4.74 Å². The maximum Gasteiger partial charge on any atom is 0.187 e. The number of thioether (sulfide) groups is 1. The number of hydrogen-bond donors (Lipinski definition) is 0. The van der Waals surface area contributed by atoms with Crippen molar-refractivity contribution >= 4 is 11.8 Å². The van der Waals surface area contributed by atoms with Crippen LogP contribution in [0.3, 0.4) is 0 Å². The molecule has 1 aromatic heterocycles. The molecule has 0 bridgehead atoms. The number of imidazole rings is 1. The summed E-state index contributed by atoms with van der Waals surface area (Å²) in [6, 6.07) is 14.7. The van der Waals surface area contributed by atoms with Crippen LogP contribution in [0.2, 0.25) is 0 Å². The van der Waals surface area contributed by atoms with Gasteiger partial charge < -0.3 is 18.8 Å². The van der Waals surface area contributed by atoms with Gasteiger partial charge in [0.25, 0.3) is 0 Å². The van der Waals surface area contributed by atoms with Crippen LogP contribution in [-0.4, -0.2) is 40.9 Å². The summed E-state index contributed by atoms with van der Waals surface area (Å²) in [6.45, 7) is 5.64. The van der Waals surface area contributed by atoms with E-state index in [0.29, 0.717) is 13.2 Å². The first-order valence-electron chi connectivity index (χ1n) is 11.1. The van der Waals surface area contributed by atoms with E-state index in [1.54, 1.807) is 13.3 Å². The molecule has 1 fully saturated rings. The van der Waals surface area contributed by atoms with Crippen LogP contribution in [0.1, 0.15) is 28.7 Å². The molecule has 2 atom stereocenters. The van der Waals surface area contributed by atoms with Crippen LogP contribution in [0.25, 0.3) is 0 Å². The quantitative estimate of drug-likeness (QED) is 0.424. The molecule has 3 aromatic rings. The molecule has 2 heterocycles. The monoisotopic (exact) mass is 452 g/mol. The van der Waals surface area contributed by atoms with Gasteiger partial charge in [-0.15, -0.1) is 0 Å². The van der Waals surface area contributed by atoms with Crippen molar-refractivity contribution in [2.75, 3.05) is 19.5 Å². The van der Waals surface area contributed by atoms with Crippen LogP contribution in [0.4, 0.5) is 0 Å². The van der Waals surface area contributed by atoms with Gasteiger partial charge in [-0.1, -0.05) is 30.3 Å². The Balaban J connectivity index is 1.37. The van der Waals surface area contributed by atoms with Gasteiger partial charge in [-0.3, -0.25) is 0 Å². The molecule has 0 amide bonds. The highest BCUT2D eigenvalue weighted by Crippen LogP contribution is 2.33. The molecule has 2 aromatic carbocycles. The fraction of sp³-hybridized carbons (Fsp3) is 0.423.